The van der Waals surface area contributed by atoms with Crippen molar-refractivity contribution in [3.63, 3.8) is 0 Å². The molecule has 0 saturated carbocycles. The van der Waals surface area contributed by atoms with Gasteiger partial charge in [-0.1, -0.05) is 23.7 Å². The third kappa shape index (κ3) is 4.84. The summed E-state index contributed by atoms with van der Waals surface area (Å²) in [6, 6.07) is 14.3. The van der Waals surface area contributed by atoms with E-state index in [0.717, 1.165) is 11.1 Å². The minimum Gasteiger partial charge on any atom is -0.481 e. The van der Waals surface area contributed by atoms with Gasteiger partial charge in [0.1, 0.15) is 11.5 Å². The molecule has 1 aromatic heterocycles. The summed E-state index contributed by atoms with van der Waals surface area (Å²) in [5.74, 6) is 0.510. The molecule has 0 amide bonds. The van der Waals surface area contributed by atoms with E-state index >= 15 is 0 Å². The van der Waals surface area contributed by atoms with Crippen LogP contribution in [0.2, 0.25) is 5.02 Å². The van der Waals surface area contributed by atoms with Crippen molar-refractivity contribution < 1.29 is 14.6 Å². The lowest BCUT2D eigenvalue weighted by molar-refractivity contribution is -0.137. The molecule has 1 heterocycles. The maximum Gasteiger partial charge on any atom is 0.304 e. The average molecular weight is 372 g/mol. The lowest BCUT2D eigenvalue weighted by Crippen LogP contribution is -2.29. The van der Waals surface area contributed by atoms with Gasteiger partial charge in [0.25, 0.3) is 0 Å². The molecule has 3 rings (SSSR count). The number of nitrogens with two attached hydrogens (primary N) is 1. The first-order valence-electron chi connectivity index (χ1n) is 8.03. The van der Waals surface area contributed by atoms with E-state index in [-0.39, 0.29) is 6.42 Å². The van der Waals surface area contributed by atoms with Gasteiger partial charge < -0.3 is 15.6 Å². The van der Waals surface area contributed by atoms with Crippen molar-refractivity contribution in [3.8, 4) is 22.6 Å². The van der Waals surface area contributed by atoms with E-state index in [1.165, 1.54) is 0 Å². The van der Waals surface area contributed by atoms with Crippen molar-refractivity contribution in [1.82, 2.24) is 9.78 Å². The average Bonchev–Trinajstić information content (AvgIpc) is 3.05. The van der Waals surface area contributed by atoms with Crippen LogP contribution >= 0.6 is 11.6 Å². The standard InChI is InChI=1S/C19H18ClN3O3/c20-15-3-7-18(8-4-15)26-17-5-1-13(2-6-17)14-10-22-23(11-14)12-16(21)9-19(24)25/h1-8,10-11,16H,9,12,21H2,(H,24,25). The highest BCUT2D eigenvalue weighted by molar-refractivity contribution is 6.30. The highest BCUT2D eigenvalue weighted by atomic mass is 35.5. The molecule has 0 bridgehead atoms. The zero-order valence-electron chi connectivity index (χ0n) is 13.9. The van der Waals surface area contributed by atoms with Gasteiger partial charge in [-0.05, 0) is 42.0 Å². The van der Waals surface area contributed by atoms with Gasteiger partial charge in [0, 0.05) is 22.8 Å². The van der Waals surface area contributed by atoms with Crippen molar-refractivity contribution >= 4 is 17.6 Å². The van der Waals surface area contributed by atoms with Crippen molar-refractivity contribution in [3.05, 3.63) is 65.9 Å². The van der Waals surface area contributed by atoms with Gasteiger partial charge in [-0.15, -0.1) is 0 Å². The Labute approximate surface area is 155 Å². The number of ether oxygens (including phenoxy) is 1. The molecule has 0 aliphatic carbocycles. The van der Waals surface area contributed by atoms with Gasteiger partial charge in [0.15, 0.2) is 0 Å². The summed E-state index contributed by atoms with van der Waals surface area (Å²) in [5, 5.41) is 13.7. The largest absolute Gasteiger partial charge is 0.481 e. The van der Waals surface area contributed by atoms with E-state index in [1.54, 1.807) is 35.1 Å². The minimum atomic E-state index is -0.916. The topological polar surface area (TPSA) is 90.4 Å². The summed E-state index contributed by atoms with van der Waals surface area (Å²) in [4.78, 5) is 10.7. The van der Waals surface area contributed by atoms with E-state index < -0.39 is 12.0 Å². The third-order valence-electron chi connectivity index (χ3n) is 3.73. The monoisotopic (exact) mass is 371 g/mol. The smallest absolute Gasteiger partial charge is 0.304 e. The Morgan fingerprint density at radius 2 is 1.73 bits per heavy atom. The molecule has 7 heteroatoms. The molecule has 0 spiro atoms. The number of rotatable bonds is 7. The normalized spacial score (nSPS) is 11.9. The zero-order chi connectivity index (χ0) is 18.5. The highest BCUT2D eigenvalue weighted by Gasteiger charge is 2.10. The first-order chi connectivity index (χ1) is 12.5. The van der Waals surface area contributed by atoms with Gasteiger partial charge in [-0.25, -0.2) is 0 Å². The summed E-state index contributed by atoms with van der Waals surface area (Å²) >= 11 is 5.86. The Balaban J connectivity index is 1.65. The van der Waals surface area contributed by atoms with E-state index in [1.807, 2.05) is 30.5 Å². The molecule has 3 aromatic rings. The molecule has 0 radical (unpaired) electrons. The SMILES string of the molecule is NC(CC(=O)O)Cn1cc(-c2ccc(Oc3ccc(Cl)cc3)cc2)cn1. The quantitative estimate of drug-likeness (QED) is 0.659. The van der Waals surface area contributed by atoms with Gasteiger partial charge in [0.05, 0.1) is 19.2 Å². The fraction of sp³-hybridized carbons (Fsp3) is 0.158. The number of carboxylic acids is 1. The molecule has 1 atom stereocenters. The first kappa shape index (κ1) is 18.0. The molecule has 0 aliphatic rings. The molecule has 134 valence electrons. The number of halogens is 1. The second-order valence-corrected chi connectivity index (χ2v) is 6.33. The molecule has 3 N–H and O–H groups in total. The zero-order valence-corrected chi connectivity index (χ0v) is 14.6. The molecular formula is C19H18ClN3O3. The Bertz CT molecular complexity index is 876. The molecular weight excluding hydrogens is 354 g/mol. The Kier molecular flexibility index (Phi) is 5.55. The maximum atomic E-state index is 10.7. The summed E-state index contributed by atoms with van der Waals surface area (Å²) in [5.41, 5.74) is 7.69. The molecule has 6 nitrogen and oxygen atoms in total. The van der Waals surface area contributed by atoms with Crippen LogP contribution in [0.5, 0.6) is 11.5 Å². The Morgan fingerprint density at radius 1 is 1.12 bits per heavy atom. The lowest BCUT2D eigenvalue weighted by atomic mass is 10.1. The lowest BCUT2D eigenvalue weighted by Gasteiger charge is -2.08. The van der Waals surface area contributed by atoms with Crippen LogP contribution < -0.4 is 10.5 Å². The van der Waals surface area contributed by atoms with E-state index in [9.17, 15) is 4.79 Å². The van der Waals surface area contributed by atoms with Gasteiger partial charge >= 0.3 is 5.97 Å². The van der Waals surface area contributed by atoms with Gasteiger partial charge in [-0.2, -0.15) is 5.10 Å². The van der Waals surface area contributed by atoms with Crippen LogP contribution in [0.15, 0.2) is 60.9 Å². The number of aromatic nitrogens is 2. The molecule has 26 heavy (non-hydrogen) atoms. The first-order valence-corrected chi connectivity index (χ1v) is 8.41. The summed E-state index contributed by atoms with van der Waals surface area (Å²) < 4.78 is 7.42. The van der Waals surface area contributed by atoms with Crippen molar-refractivity contribution in [2.75, 3.05) is 0 Å². The molecule has 0 aliphatic heterocycles. The van der Waals surface area contributed by atoms with Crippen LogP contribution in [0.1, 0.15) is 6.42 Å². The predicted octanol–water partition coefficient (Wildman–Crippen LogP) is 3.80. The number of carboxylic acid groups (broad SMARTS) is 1. The Hall–Kier alpha value is -2.83. The Morgan fingerprint density at radius 3 is 2.35 bits per heavy atom. The number of nitrogens with zero attached hydrogens (tertiary/aromatic N) is 2. The van der Waals surface area contributed by atoms with E-state index in [4.69, 9.17) is 27.2 Å². The van der Waals surface area contributed by atoms with E-state index in [0.29, 0.717) is 23.1 Å². The van der Waals surface area contributed by atoms with Gasteiger partial charge in [0.2, 0.25) is 0 Å². The molecule has 0 saturated heterocycles. The summed E-state index contributed by atoms with van der Waals surface area (Å²) in [6.45, 7) is 0.351. The maximum absolute atomic E-state index is 10.7. The van der Waals surface area contributed by atoms with Crippen LogP contribution in [0.25, 0.3) is 11.1 Å². The molecule has 2 aromatic carbocycles. The fourth-order valence-electron chi connectivity index (χ4n) is 2.50. The van der Waals surface area contributed by atoms with Crippen LogP contribution in [0.3, 0.4) is 0 Å². The van der Waals surface area contributed by atoms with Crippen LogP contribution in [0.4, 0.5) is 0 Å². The van der Waals surface area contributed by atoms with Crippen LogP contribution in [0, 0.1) is 0 Å². The van der Waals surface area contributed by atoms with Crippen molar-refractivity contribution in [2.45, 2.75) is 19.0 Å². The number of benzene rings is 2. The van der Waals surface area contributed by atoms with E-state index in [2.05, 4.69) is 5.10 Å². The second kappa shape index (κ2) is 8.03. The summed E-state index contributed by atoms with van der Waals surface area (Å²) in [7, 11) is 0. The van der Waals surface area contributed by atoms with Crippen LogP contribution in [-0.2, 0) is 11.3 Å². The highest BCUT2D eigenvalue weighted by Crippen LogP contribution is 2.26. The van der Waals surface area contributed by atoms with Crippen molar-refractivity contribution in [1.29, 1.82) is 0 Å². The van der Waals surface area contributed by atoms with Gasteiger partial charge in [-0.3, -0.25) is 9.48 Å². The predicted molar refractivity (Wildman–Crippen MR) is 99.4 cm³/mol. The van der Waals surface area contributed by atoms with Crippen molar-refractivity contribution in [2.24, 2.45) is 5.73 Å². The third-order valence-corrected chi connectivity index (χ3v) is 3.98. The molecule has 1 unspecified atom stereocenters. The number of carbonyl (C=O) groups is 1. The second-order valence-electron chi connectivity index (χ2n) is 5.89. The minimum absolute atomic E-state index is 0.0913. The number of hydrogen-bond donors (Lipinski definition) is 2. The molecule has 0 fully saturated rings. The van der Waals surface area contributed by atoms with Crippen LogP contribution in [-0.4, -0.2) is 26.9 Å². The number of hydrogen-bond acceptors (Lipinski definition) is 4. The number of aliphatic carboxylic acids is 1. The fourth-order valence-corrected chi connectivity index (χ4v) is 2.62. The summed E-state index contributed by atoms with van der Waals surface area (Å²) in [6.07, 6.45) is 3.48.